The van der Waals surface area contributed by atoms with Crippen LogP contribution in [0.15, 0.2) is 30.3 Å². The van der Waals surface area contributed by atoms with Crippen molar-refractivity contribution in [1.82, 2.24) is 15.1 Å². The van der Waals surface area contributed by atoms with Crippen LogP contribution < -0.4 is 5.32 Å². The average Bonchev–Trinajstić information content (AvgIpc) is 3.20. The van der Waals surface area contributed by atoms with Crippen LogP contribution in [0.5, 0.6) is 0 Å². The highest BCUT2D eigenvalue weighted by atomic mass is 35.5. The molecule has 106 valence electrons. The highest BCUT2D eigenvalue weighted by Gasteiger charge is 2.37. The quantitative estimate of drug-likeness (QED) is 0.913. The van der Waals surface area contributed by atoms with Gasteiger partial charge in [0.2, 0.25) is 0 Å². The topological polar surface area (TPSA) is 29.9 Å². The van der Waals surface area contributed by atoms with Crippen LogP contribution in [0, 0.1) is 6.92 Å². The molecule has 2 atom stereocenters. The Morgan fingerprint density at radius 1 is 1.35 bits per heavy atom. The van der Waals surface area contributed by atoms with Gasteiger partial charge in [0.1, 0.15) is 0 Å². The van der Waals surface area contributed by atoms with Crippen LogP contribution in [-0.2, 0) is 13.1 Å². The number of aromatic nitrogens is 2. The van der Waals surface area contributed by atoms with Gasteiger partial charge in [-0.1, -0.05) is 41.9 Å². The van der Waals surface area contributed by atoms with Crippen molar-refractivity contribution in [3.8, 4) is 0 Å². The van der Waals surface area contributed by atoms with E-state index in [-0.39, 0.29) is 0 Å². The molecule has 0 spiro atoms. The number of hydrogen-bond acceptors (Lipinski definition) is 2. The molecule has 3 rings (SSSR count). The minimum atomic E-state index is 0.564. The molecular formula is C16H20ClN3. The molecule has 1 fully saturated rings. The summed E-state index contributed by atoms with van der Waals surface area (Å²) in [6.45, 7) is 5.71. The predicted molar refractivity (Wildman–Crippen MR) is 82.1 cm³/mol. The summed E-state index contributed by atoms with van der Waals surface area (Å²) >= 11 is 6.33. The van der Waals surface area contributed by atoms with Crippen molar-refractivity contribution in [2.45, 2.75) is 45.3 Å². The molecule has 2 aromatic rings. The van der Waals surface area contributed by atoms with Crippen LogP contribution in [0.4, 0.5) is 0 Å². The minimum absolute atomic E-state index is 0.564. The van der Waals surface area contributed by atoms with Crippen molar-refractivity contribution in [3.05, 3.63) is 52.3 Å². The van der Waals surface area contributed by atoms with Crippen molar-refractivity contribution in [3.63, 3.8) is 0 Å². The molecule has 1 aromatic carbocycles. The summed E-state index contributed by atoms with van der Waals surface area (Å²) in [6, 6.07) is 11.3. The maximum atomic E-state index is 6.33. The SMILES string of the molecule is CCn1nc(C)c(Cl)c1CNC1CC1c1ccccc1. The zero-order chi connectivity index (χ0) is 14.1. The molecule has 0 bridgehead atoms. The van der Waals surface area contributed by atoms with E-state index in [0.717, 1.165) is 29.5 Å². The normalized spacial score (nSPS) is 21.1. The molecule has 0 saturated heterocycles. The number of halogens is 1. The van der Waals surface area contributed by atoms with E-state index >= 15 is 0 Å². The van der Waals surface area contributed by atoms with Gasteiger partial charge in [-0.3, -0.25) is 4.68 Å². The van der Waals surface area contributed by atoms with Gasteiger partial charge >= 0.3 is 0 Å². The lowest BCUT2D eigenvalue weighted by atomic mass is 10.1. The van der Waals surface area contributed by atoms with Gasteiger partial charge in [-0.2, -0.15) is 5.10 Å². The minimum Gasteiger partial charge on any atom is -0.308 e. The van der Waals surface area contributed by atoms with Crippen molar-refractivity contribution in [1.29, 1.82) is 0 Å². The largest absolute Gasteiger partial charge is 0.308 e. The lowest BCUT2D eigenvalue weighted by molar-refractivity contribution is 0.574. The maximum Gasteiger partial charge on any atom is 0.0860 e. The van der Waals surface area contributed by atoms with E-state index in [4.69, 9.17) is 11.6 Å². The summed E-state index contributed by atoms with van der Waals surface area (Å²) in [6.07, 6.45) is 1.21. The van der Waals surface area contributed by atoms with Crippen molar-refractivity contribution >= 4 is 11.6 Å². The summed E-state index contributed by atoms with van der Waals surface area (Å²) in [5.41, 5.74) is 3.45. The Morgan fingerprint density at radius 2 is 2.10 bits per heavy atom. The van der Waals surface area contributed by atoms with E-state index in [1.54, 1.807) is 0 Å². The first-order valence-electron chi connectivity index (χ1n) is 7.20. The Morgan fingerprint density at radius 3 is 2.80 bits per heavy atom. The highest BCUT2D eigenvalue weighted by molar-refractivity contribution is 6.31. The Bertz CT molecular complexity index is 591. The Balaban J connectivity index is 1.62. The van der Waals surface area contributed by atoms with E-state index in [1.807, 2.05) is 11.6 Å². The van der Waals surface area contributed by atoms with Gasteiger partial charge in [0.15, 0.2) is 0 Å². The first kappa shape index (κ1) is 13.7. The molecule has 1 aliphatic carbocycles. The van der Waals surface area contributed by atoms with Crippen molar-refractivity contribution in [2.24, 2.45) is 0 Å². The molecule has 0 radical (unpaired) electrons. The Hall–Kier alpha value is -1.32. The van der Waals surface area contributed by atoms with E-state index in [0.29, 0.717) is 12.0 Å². The maximum absolute atomic E-state index is 6.33. The molecule has 1 N–H and O–H groups in total. The van der Waals surface area contributed by atoms with E-state index in [2.05, 4.69) is 47.7 Å². The van der Waals surface area contributed by atoms with Gasteiger partial charge in [0, 0.05) is 25.0 Å². The Kier molecular flexibility index (Phi) is 3.81. The third-order valence-electron chi connectivity index (χ3n) is 4.00. The van der Waals surface area contributed by atoms with Crippen LogP contribution in [0.25, 0.3) is 0 Å². The summed E-state index contributed by atoms with van der Waals surface area (Å²) in [7, 11) is 0. The Labute approximate surface area is 124 Å². The van der Waals surface area contributed by atoms with Gasteiger partial charge in [0.05, 0.1) is 16.4 Å². The molecule has 0 amide bonds. The lowest BCUT2D eigenvalue weighted by Crippen LogP contribution is -2.20. The van der Waals surface area contributed by atoms with E-state index in [9.17, 15) is 0 Å². The lowest BCUT2D eigenvalue weighted by Gasteiger charge is -2.07. The zero-order valence-electron chi connectivity index (χ0n) is 11.9. The van der Waals surface area contributed by atoms with E-state index in [1.165, 1.54) is 12.0 Å². The first-order valence-corrected chi connectivity index (χ1v) is 7.58. The number of nitrogens with zero attached hydrogens (tertiary/aromatic N) is 2. The molecule has 20 heavy (non-hydrogen) atoms. The molecule has 1 heterocycles. The van der Waals surface area contributed by atoms with E-state index < -0.39 is 0 Å². The second-order valence-electron chi connectivity index (χ2n) is 5.40. The highest BCUT2D eigenvalue weighted by Crippen LogP contribution is 2.40. The number of hydrogen-bond donors (Lipinski definition) is 1. The molecular weight excluding hydrogens is 270 g/mol. The molecule has 0 aliphatic heterocycles. The van der Waals surface area contributed by atoms with Crippen LogP contribution in [0.3, 0.4) is 0 Å². The summed E-state index contributed by atoms with van der Waals surface area (Å²) in [5, 5.41) is 8.86. The fourth-order valence-corrected chi connectivity index (χ4v) is 2.96. The number of benzene rings is 1. The van der Waals surface area contributed by atoms with Gasteiger partial charge < -0.3 is 5.32 Å². The molecule has 2 unspecified atom stereocenters. The zero-order valence-corrected chi connectivity index (χ0v) is 12.7. The predicted octanol–water partition coefficient (Wildman–Crippen LogP) is 3.51. The second kappa shape index (κ2) is 5.58. The average molecular weight is 290 g/mol. The van der Waals surface area contributed by atoms with Crippen LogP contribution in [0.1, 0.15) is 36.2 Å². The fourth-order valence-electron chi connectivity index (χ4n) is 2.75. The van der Waals surface area contributed by atoms with Gasteiger partial charge in [-0.15, -0.1) is 0 Å². The third-order valence-corrected chi connectivity index (χ3v) is 4.49. The van der Waals surface area contributed by atoms with Crippen LogP contribution in [-0.4, -0.2) is 15.8 Å². The molecule has 4 heteroatoms. The first-order chi connectivity index (χ1) is 9.70. The monoisotopic (exact) mass is 289 g/mol. The van der Waals surface area contributed by atoms with Crippen molar-refractivity contribution < 1.29 is 0 Å². The van der Waals surface area contributed by atoms with Crippen LogP contribution in [0.2, 0.25) is 5.02 Å². The van der Waals surface area contributed by atoms with Crippen LogP contribution >= 0.6 is 11.6 Å². The number of rotatable bonds is 5. The molecule has 1 saturated carbocycles. The fraction of sp³-hybridized carbons (Fsp3) is 0.438. The molecule has 3 nitrogen and oxygen atoms in total. The van der Waals surface area contributed by atoms with Gasteiger partial charge in [-0.25, -0.2) is 0 Å². The number of aryl methyl sites for hydroxylation is 2. The number of nitrogens with one attached hydrogen (secondary N) is 1. The third kappa shape index (κ3) is 2.60. The smallest absolute Gasteiger partial charge is 0.0860 e. The summed E-state index contributed by atoms with van der Waals surface area (Å²) in [4.78, 5) is 0. The second-order valence-corrected chi connectivity index (χ2v) is 5.78. The molecule has 1 aliphatic rings. The molecule has 1 aromatic heterocycles. The summed E-state index contributed by atoms with van der Waals surface area (Å²) < 4.78 is 1.99. The van der Waals surface area contributed by atoms with Crippen molar-refractivity contribution in [2.75, 3.05) is 0 Å². The summed E-state index contributed by atoms with van der Waals surface area (Å²) in [5.74, 6) is 0.647. The van der Waals surface area contributed by atoms with Gasteiger partial charge in [0.25, 0.3) is 0 Å². The van der Waals surface area contributed by atoms with Gasteiger partial charge in [-0.05, 0) is 25.8 Å². The standard InChI is InChI=1S/C16H20ClN3/c1-3-20-15(16(17)11(2)19-20)10-18-14-9-13(14)12-7-5-4-6-8-12/h4-8,13-14,18H,3,9-10H2,1-2H3.